The lowest BCUT2D eigenvalue weighted by Crippen LogP contribution is -2.29. The second-order valence-electron chi connectivity index (χ2n) is 6.65. The Hall–Kier alpha value is -1.09. The second kappa shape index (κ2) is 6.13. The molecule has 2 fully saturated rings. The van der Waals surface area contributed by atoms with Gasteiger partial charge in [0.05, 0.1) is 6.10 Å². The SMILES string of the molecule is CC1CCC(Oc2ccncc2CNC2CC2)CC1C. The summed E-state index contributed by atoms with van der Waals surface area (Å²) in [5.74, 6) is 2.63. The molecule has 0 spiro atoms. The Labute approximate surface area is 122 Å². The van der Waals surface area contributed by atoms with Crippen molar-refractivity contribution in [3.05, 3.63) is 24.0 Å². The van der Waals surface area contributed by atoms with Crippen molar-refractivity contribution in [2.75, 3.05) is 0 Å². The number of pyridine rings is 1. The van der Waals surface area contributed by atoms with Crippen molar-refractivity contribution in [1.29, 1.82) is 0 Å². The number of ether oxygens (including phenoxy) is 1. The second-order valence-corrected chi connectivity index (χ2v) is 6.65. The van der Waals surface area contributed by atoms with Gasteiger partial charge in [-0.3, -0.25) is 4.98 Å². The third-order valence-electron chi connectivity index (χ3n) is 4.86. The monoisotopic (exact) mass is 274 g/mol. The number of nitrogens with one attached hydrogen (secondary N) is 1. The van der Waals surface area contributed by atoms with Crippen LogP contribution in [0.1, 0.15) is 51.5 Å². The number of hydrogen-bond donors (Lipinski definition) is 1. The molecule has 2 aliphatic rings. The summed E-state index contributed by atoms with van der Waals surface area (Å²) < 4.78 is 6.28. The molecule has 110 valence electrons. The Morgan fingerprint density at radius 2 is 2.05 bits per heavy atom. The summed E-state index contributed by atoms with van der Waals surface area (Å²) in [6.45, 7) is 5.59. The summed E-state index contributed by atoms with van der Waals surface area (Å²) in [5.41, 5.74) is 1.20. The van der Waals surface area contributed by atoms with Gasteiger partial charge in [-0.1, -0.05) is 13.8 Å². The van der Waals surface area contributed by atoms with Gasteiger partial charge in [-0.2, -0.15) is 0 Å². The maximum Gasteiger partial charge on any atom is 0.127 e. The summed E-state index contributed by atoms with van der Waals surface area (Å²) in [6, 6.07) is 2.74. The van der Waals surface area contributed by atoms with E-state index in [0.717, 1.165) is 30.2 Å². The highest BCUT2D eigenvalue weighted by Crippen LogP contribution is 2.32. The van der Waals surface area contributed by atoms with Gasteiger partial charge in [-0.05, 0) is 50.0 Å². The van der Waals surface area contributed by atoms with E-state index in [0.29, 0.717) is 6.10 Å². The molecule has 3 atom stereocenters. The molecule has 0 radical (unpaired) electrons. The summed E-state index contributed by atoms with van der Waals surface area (Å²) in [5, 5.41) is 3.55. The van der Waals surface area contributed by atoms with Crippen molar-refractivity contribution < 1.29 is 4.74 Å². The van der Waals surface area contributed by atoms with E-state index in [1.54, 1.807) is 0 Å². The third-order valence-corrected chi connectivity index (χ3v) is 4.86. The van der Waals surface area contributed by atoms with Crippen molar-refractivity contribution in [2.24, 2.45) is 11.8 Å². The Kier molecular flexibility index (Phi) is 4.25. The minimum Gasteiger partial charge on any atom is -0.490 e. The minimum atomic E-state index is 0.378. The lowest BCUT2D eigenvalue weighted by Gasteiger charge is -2.32. The number of rotatable bonds is 5. The maximum absolute atomic E-state index is 6.28. The summed E-state index contributed by atoms with van der Waals surface area (Å²) >= 11 is 0. The standard InChI is InChI=1S/C17H26N2O/c1-12-3-6-16(9-13(12)2)20-17-7-8-18-10-14(17)11-19-15-4-5-15/h7-8,10,12-13,15-16,19H,3-6,9,11H2,1-2H3. The predicted octanol–water partition coefficient (Wildman–Crippen LogP) is 3.54. The van der Waals surface area contributed by atoms with Crippen LogP contribution in [-0.2, 0) is 6.54 Å². The average molecular weight is 274 g/mol. The molecule has 2 aliphatic carbocycles. The quantitative estimate of drug-likeness (QED) is 0.892. The Bertz CT molecular complexity index is 444. The zero-order chi connectivity index (χ0) is 13.9. The van der Waals surface area contributed by atoms with E-state index in [1.807, 2.05) is 18.5 Å². The Morgan fingerprint density at radius 1 is 1.20 bits per heavy atom. The van der Waals surface area contributed by atoms with Gasteiger partial charge in [0.15, 0.2) is 0 Å². The molecule has 3 rings (SSSR count). The number of nitrogens with zero attached hydrogens (tertiary/aromatic N) is 1. The first-order valence-corrected chi connectivity index (χ1v) is 8.05. The molecule has 1 heterocycles. The minimum absolute atomic E-state index is 0.378. The first-order valence-electron chi connectivity index (χ1n) is 8.05. The molecule has 20 heavy (non-hydrogen) atoms. The van der Waals surface area contributed by atoms with E-state index in [-0.39, 0.29) is 0 Å². The van der Waals surface area contributed by atoms with E-state index in [4.69, 9.17) is 4.74 Å². The highest BCUT2D eigenvalue weighted by Gasteiger charge is 2.26. The van der Waals surface area contributed by atoms with E-state index < -0.39 is 0 Å². The topological polar surface area (TPSA) is 34.1 Å². The molecule has 0 amide bonds. The van der Waals surface area contributed by atoms with Gasteiger partial charge in [0, 0.05) is 30.5 Å². The molecule has 2 saturated carbocycles. The first kappa shape index (κ1) is 13.9. The summed E-state index contributed by atoms with van der Waals surface area (Å²) in [6.07, 6.45) is 10.4. The number of aromatic nitrogens is 1. The molecular formula is C17H26N2O. The van der Waals surface area contributed by atoms with Crippen LogP contribution < -0.4 is 10.1 Å². The van der Waals surface area contributed by atoms with E-state index in [9.17, 15) is 0 Å². The zero-order valence-corrected chi connectivity index (χ0v) is 12.6. The van der Waals surface area contributed by atoms with Crippen LogP contribution in [0.25, 0.3) is 0 Å². The van der Waals surface area contributed by atoms with E-state index in [1.165, 1.54) is 37.7 Å². The van der Waals surface area contributed by atoms with Crippen molar-refractivity contribution in [3.63, 3.8) is 0 Å². The van der Waals surface area contributed by atoms with Crippen molar-refractivity contribution in [1.82, 2.24) is 10.3 Å². The molecule has 0 aliphatic heterocycles. The molecule has 0 saturated heterocycles. The Balaban J connectivity index is 1.61. The predicted molar refractivity (Wildman–Crippen MR) is 80.7 cm³/mol. The van der Waals surface area contributed by atoms with E-state index in [2.05, 4.69) is 24.1 Å². The molecule has 1 aromatic heterocycles. The molecule has 1 aromatic rings. The smallest absolute Gasteiger partial charge is 0.127 e. The zero-order valence-electron chi connectivity index (χ0n) is 12.6. The number of hydrogen-bond acceptors (Lipinski definition) is 3. The van der Waals surface area contributed by atoms with Gasteiger partial charge < -0.3 is 10.1 Å². The molecule has 3 heteroatoms. The third kappa shape index (κ3) is 3.51. The highest BCUT2D eigenvalue weighted by atomic mass is 16.5. The van der Waals surface area contributed by atoms with Crippen LogP contribution in [-0.4, -0.2) is 17.1 Å². The van der Waals surface area contributed by atoms with Crippen LogP contribution in [0.15, 0.2) is 18.5 Å². The van der Waals surface area contributed by atoms with Crippen molar-refractivity contribution >= 4 is 0 Å². The Morgan fingerprint density at radius 3 is 2.80 bits per heavy atom. The lowest BCUT2D eigenvalue weighted by atomic mass is 9.80. The van der Waals surface area contributed by atoms with Gasteiger partial charge >= 0.3 is 0 Å². The summed E-state index contributed by atoms with van der Waals surface area (Å²) in [7, 11) is 0. The highest BCUT2D eigenvalue weighted by molar-refractivity contribution is 5.30. The van der Waals surface area contributed by atoms with Crippen molar-refractivity contribution in [3.8, 4) is 5.75 Å². The average Bonchev–Trinajstić information content (AvgIpc) is 3.26. The molecule has 3 unspecified atom stereocenters. The fraction of sp³-hybridized carbons (Fsp3) is 0.706. The molecule has 3 nitrogen and oxygen atoms in total. The van der Waals surface area contributed by atoms with E-state index >= 15 is 0 Å². The molecule has 0 aromatic carbocycles. The fourth-order valence-corrected chi connectivity index (χ4v) is 2.99. The van der Waals surface area contributed by atoms with Crippen LogP contribution in [0, 0.1) is 11.8 Å². The normalized spacial score (nSPS) is 30.2. The first-order chi connectivity index (χ1) is 9.72. The fourth-order valence-electron chi connectivity index (χ4n) is 2.99. The van der Waals surface area contributed by atoms with Gasteiger partial charge in [0.2, 0.25) is 0 Å². The van der Waals surface area contributed by atoms with Crippen LogP contribution in [0.2, 0.25) is 0 Å². The van der Waals surface area contributed by atoms with Gasteiger partial charge in [-0.15, -0.1) is 0 Å². The van der Waals surface area contributed by atoms with Gasteiger partial charge in [0.25, 0.3) is 0 Å². The van der Waals surface area contributed by atoms with Crippen LogP contribution in [0.3, 0.4) is 0 Å². The molecule has 0 bridgehead atoms. The van der Waals surface area contributed by atoms with Crippen LogP contribution >= 0.6 is 0 Å². The van der Waals surface area contributed by atoms with Gasteiger partial charge in [0.1, 0.15) is 5.75 Å². The maximum atomic E-state index is 6.28. The van der Waals surface area contributed by atoms with Crippen LogP contribution in [0.4, 0.5) is 0 Å². The van der Waals surface area contributed by atoms with Crippen LogP contribution in [0.5, 0.6) is 5.75 Å². The summed E-state index contributed by atoms with van der Waals surface area (Å²) in [4.78, 5) is 4.24. The molecular weight excluding hydrogens is 248 g/mol. The van der Waals surface area contributed by atoms with Gasteiger partial charge in [-0.25, -0.2) is 0 Å². The van der Waals surface area contributed by atoms with Crippen molar-refractivity contribution in [2.45, 2.75) is 64.6 Å². The molecule has 1 N–H and O–H groups in total. The lowest BCUT2D eigenvalue weighted by molar-refractivity contribution is 0.0995. The largest absolute Gasteiger partial charge is 0.490 e.